The molecule has 2 rings (SSSR count). The monoisotopic (exact) mass is 389 g/mol. The van der Waals surface area contributed by atoms with E-state index in [9.17, 15) is 13.2 Å². The van der Waals surface area contributed by atoms with Crippen LogP contribution in [0.5, 0.6) is 5.75 Å². The number of nitrogens with zero attached hydrogens (tertiary/aromatic N) is 2. The van der Waals surface area contributed by atoms with Crippen molar-refractivity contribution in [1.82, 2.24) is 5.43 Å². The molecule has 0 atom stereocenters. The molecule has 0 radical (unpaired) electrons. The Morgan fingerprint density at radius 1 is 1.19 bits per heavy atom. The van der Waals surface area contributed by atoms with Gasteiger partial charge < -0.3 is 4.74 Å². The van der Waals surface area contributed by atoms with Gasteiger partial charge >= 0.3 is 0 Å². The SMILES string of the molecule is COc1cccc(/C=N\NC(=O)CN(c2c(C)cccc2C)S(C)(=O)=O)c1. The fourth-order valence-corrected chi connectivity index (χ4v) is 3.60. The zero-order chi connectivity index (χ0) is 20.0. The fraction of sp³-hybridized carbons (Fsp3) is 0.263. The molecule has 0 heterocycles. The molecule has 2 aromatic rings. The minimum atomic E-state index is -3.64. The maximum absolute atomic E-state index is 12.3. The first kappa shape index (κ1) is 20.4. The fourth-order valence-electron chi connectivity index (χ4n) is 2.63. The van der Waals surface area contributed by atoms with Gasteiger partial charge in [-0.15, -0.1) is 0 Å². The molecular formula is C19H23N3O4S. The molecule has 8 heteroatoms. The Bertz CT molecular complexity index is 935. The zero-order valence-electron chi connectivity index (χ0n) is 15.8. The molecule has 144 valence electrons. The number of para-hydroxylation sites is 1. The van der Waals surface area contributed by atoms with Crippen molar-refractivity contribution in [2.75, 3.05) is 24.2 Å². The van der Waals surface area contributed by atoms with E-state index in [1.807, 2.05) is 6.07 Å². The van der Waals surface area contributed by atoms with Gasteiger partial charge in [0.05, 0.1) is 25.3 Å². The van der Waals surface area contributed by atoms with Crippen LogP contribution in [0.4, 0.5) is 5.69 Å². The van der Waals surface area contributed by atoms with Gasteiger partial charge in [-0.1, -0.05) is 30.3 Å². The Morgan fingerprint density at radius 3 is 2.41 bits per heavy atom. The van der Waals surface area contributed by atoms with Crippen LogP contribution < -0.4 is 14.5 Å². The van der Waals surface area contributed by atoms with Crippen molar-refractivity contribution in [3.05, 3.63) is 59.2 Å². The number of hydrogen-bond acceptors (Lipinski definition) is 5. The Kier molecular flexibility index (Phi) is 6.57. The topological polar surface area (TPSA) is 88.1 Å². The van der Waals surface area contributed by atoms with Crippen LogP contribution in [0.3, 0.4) is 0 Å². The molecule has 2 aromatic carbocycles. The Labute approximate surface area is 159 Å². The lowest BCUT2D eigenvalue weighted by atomic mass is 10.1. The van der Waals surface area contributed by atoms with E-state index >= 15 is 0 Å². The van der Waals surface area contributed by atoms with Gasteiger partial charge in [0.2, 0.25) is 10.0 Å². The number of hydrazone groups is 1. The molecular weight excluding hydrogens is 366 g/mol. The molecule has 0 fully saturated rings. The first-order valence-electron chi connectivity index (χ1n) is 8.22. The van der Waals surface area contributed by atoms with Gasteiger partial charge in [0.15, 0.2) is 0 Å². The summed E-state index contributed by atoms with van der Waals surface area (Å²) in [6.45, 7) is 3.25. The molecule has 27 heavy (non-hydrogen) atoms. The predicted octanol–water partition coefficient (Wildman–Crippen LogP) is 2.23. The van der Waals surface area contributed by atoms with Gasteiger partial charge in [-0.3, -0.25) is 9.10 Å². The number of aryl methyl sites for hydroxylation is 2. The van der Waals surface area contributed by atoms with E-state index in [0.717, 1.165) is 27.3 Å². The van der Waals surface area contributed by atoms with Gasteiger partial charge in [-0.2, -0.15) is 5.10 Å². The number of nitrogens with one attached hydrogen (secondary N) is 1. The highest BCUT2D eigenvalue weighted by molar-refractivity contribution is 7.92. The third-order valence-electron chi connectivity index (χ3n) is 3.87. The second-order valence-corrected chi connectivity index (χ2v) is 7.99. The summed E-state index contributed by atoms with van der Waals surface area (Å²) >= 11 is 0. The average molecular weight is 389 g/mol. The summed E-state index contributed by atoms with van der Waals surface area (Å²) in [5.41, 5.74) is 5.15. The summed E-state index contributed by atoms with van der Waals surface area (Å²) in [5.74, 6) is 0.130. The van der Waals surface area contributed by atoms with Gasteiger partial charge in [0.1, 0.15) is 12.3 Å². The number of hydrogen-bond donors (Lipinski definition) is 1. The summed E-state index contributed by atoms with van der Waals surface area (Å²) in [6, 6.07) is 12.6. The van der Waals surface area contributed by atoms with Crippen molar-refractivity contribution in [3.63, 3.8) is 0 Å². The number of anilines is 1. The molecule has 0 aromatic heterocycles. The standard InChI is InChI=1S/C19H23N3O4S/c1-14-7-5-8-15(2)19(14)22(27(4,24)25)13-18(23)21-20-12-16-9-6-10-17(11-16)26-3/h5-12H,13H2,1-4H3,(H,21,23)/b20-12-. The summed E-state index contributed by atoms with van der Waals surface area (Å²) in [5, 5.41) is 3.89. The highest BCUT2D eigenvalue weighted by Gasteiger charge is 2.23. The number of amides is 1. The minimum absolute atomic E-state index is 0.361. The number of rotatable bonds is 7. The van der Waals surface area contributed by atoms with Crippen LogP contribution in [0.25, 0.3) is 0 Å². The smallest absolute Gasteiger partial charge is 0.260 e. The van der Waals surface area contributed by atoms with Crippen molar-refractivity contribution in [1.29, 1.82) is 0 Å². The first-order valence-corrected chi connectivity index (χ1v) is 10.1. The summed E-state index contributed by atoms with van der Waals surface area (Å²) in [4.78, 5) is 12.3. The second kappa shape index (κ2) is 8.68. The van der Waals surface area contributed by atoms with Crippen LogP contribution in [0, 0.1) is 13.8 Å². The molecule has 0 aliphatic rings. The number of benzene rings is 2. The Hall–Kier alpha value is -2.87. The molecule has 0 spiro atoms. The maximum atomic E-state index is 12.3. The van der Waals surface area contributed by atoms with Crippen LogP contribution in [-0.4, -0.2) is 40.4 Å². The largest absolute Gasteiger partial charge is 0.497 e. The van der Waals surface area contributed by atoms with Gasteiger partial charge in [-0.25, -0.2) is 13.8 Å². The number of ether oxygens (including phenoxy) is 1. The lowest BCUT2D eigenvalue weighted by Crippen LogP contribution is -2.39. The predicted molar refractivity (Wildman–Crippen MR) is 107 cm³/mol. The molecule has 0 bridgehead atoms. The lowest BCUT2D eigenvalue weighted by Gasteiger charge is -2.25. The molecule has 0 saturated carbocycles. The van der Waals surface area contributed by atoms with Crippen molar-refractivity contribution in [2.45, 2.75) is 13.8 Å². The van der Waals surface area contributed by atoms with Crippen molar-refractivity contribution in [3.8, 4) is 5.75 Å². The quantitative estimate of drug-likeness (QED) is 0.581. The van der Waals surface area contributed by atoms with Crippen molar-refractivity contribution >= 4 is 27.8 Å². The van der Waals surface area contributed by atoms with E-state index in [0.29, 0.717) is 11.4 Å². The lowest BCUT2D eigenvalue weighted by molar-refractivity contribution is -0.119. The molecule has 7 nitrogen and oxygen atoms in total. The maximum Gasteiger partial charge on any atom is 0.260 e. The molecule has 0 saturated heterocycles. The van der Waals surface area contributed by atoms with Crippen LogP contribution in [0.15, 0.2) is 47.6 Å². The van der Waals surface area contributed by atoms with E-state index < -0.39 is 15.9 Å². The second-order valence-electron chi connectivity index (χ2n) is 6.08. The van der Waals surface area contributed by atoms with Gasteiger partial charge in [0.25, 0.3) is 5.91 Å². The first-order chi connectivity index (χ1) is 12.7. The van der Waals surface area contributed by atoms with Gasteiger partial charge in [-0.05, 0) is 42.7 Å². The number of carbonyl (C=O) groups is 1. The molecule has 1 amide bonds. The number of sulfonamides is 1. The van der Waals surface area contributed by atoms with E-state index in [1.165, 1.54) is 6.21 Å². The summed E-state index contributed by atoms with van der Waals surface area (Å²) < 4.78 is 30.7. The summed E-state index contributed by atoms with van der Waals surface area (Å²) in [7, 11) is -2.08. The Balaban J connectivity index is 2.14. The third kappa shape index (κ3) is 5.55. The number of methoxy groups -OCH3 is 1. The Morgan fingerprint density at radius 2 is 1.81 bits per heavy atom. The van der Waals surface area contributed by atoms with E-state index in [1.54, 1.807) is 57.4 Å². The highest BCUT2D eigenvalue weighted by atomic mass is 32.2. The van der Waals surface area contributed by atoms with Crippen LogP contribution in [0.2, 0.25) is 0 Å². The van der Waals surface area contributed by atoms with Crippen LogP contribution >= 0.6 is 0 Å². The zero-order valence-corrected chi connectivity index (χ0v) is 16.6. The van der Waals surface area contributed by atoms with Crippen LogP contribution in [0.1, 0.15) is 16.7 Å². The molecule has 0 aliphatic carbocycles. The third-order valence-corrected chi connectivity index (χ3v) is 4.99. The molecule has 0 unspecified atom stereocenters. The van der Waals surface area contributed by atoms with Crippen molar-refractivity contribution in [2.24, 2.45) is 5.10 Å². The average Bonchev–Trinajstić information content (AvgIpc) is 2.60. The highest BCUT2D eigenvalue weighted by Crippen LogP contribution is 2.26. The summed E-state index contributed by atoms with van der Waals surface area (Å²) in [6.07, 6.45) is 2.54. The van der Waals surface area contributed by atoms with E-state index in [-0.39, 0.29) is 6.54 Å². The number of carbonyl (C=O) groups excluding carboxylic acids is 1. The van der Waals surface area contributed by atoms with Crippen molar-refractivity contribution < 1.29 is 17.9 Å². The minimum Gasteiger partial charge on any atom is -0.497 e. The normalized spacial score (nSPS) is 11.4. The van der Waals surface area contributed by atoms with E-state index in [2.05, 4.69) is 10.5 Å². The molecule has 1 N–H and O–H groups in total. The molecule has 0 aliphatic heterocycles. The van der Waals surface area contributed by atoms with Gasteiger partial charge in [0, 0.05) is 0 Å². The van der Waals surface area contributed by atoms with E-state index in [4.69, 9.17) is 4.74 Å². The van der Waals surface area contributed by atoms with Crippen LogP contribution in [-0.2, 0) is 14.8 Å².